The highest BCUT2D eigenvalue weighted by atomic mass is 35.5. The van der Waals surface area contributed by atoms with Crippen LogP contribution in [0.15, 0.2) is 79.0 Å². The molecule has 0 spiro atoms. The third-order valence-corrected chi connectivity index (χ3v) is 4.48. The van der Waals surface area contributed by atoms with Crippen LogP contribution in [0.4, 0.5) is 11.5 Å². The minimum Gasteiger partial charge on any atom is -0.346 e. The smallest absolute Gasteiger partial charge is 0.284 e. The van der Waals surface area contributed by atoms with Gasteiger partial charge in [-0.2, -0.15) is 4.90 Å². The normalized spacial score (nSPS) is 19.7. The van der Waals surface area contributed by atoms with Gasteiger partial charge in [0.2, 0.25) is 0 Å². The molecular formula is C19H16ClN2O+. The van der Waals surface area contributed by atoms with E-state index in [2.05, 4.69) is 4.57 Å². The monoisotopic (exact) mass is 323 g/mol. The lowest BCUT2D eigenvalue weighted by Gasteiger charge is -2.27. The van der Waals surface area contributed by atoms with E-state index in [0.29, 0.717) is 11.6 Å². The Kier molecular flexibility index (Phi) is 3.33. The molecule has 4 rings (SSSR count). The number of rotatable bonds is 2. The number of aliphatic hydroxyl groups is 1. The van der Waals surface area contributed by atoms with Crippen LogP contribution in [0, 0.1) is 0 Å². The number of nitrogens with zero attached hydrogens (tertiary/aromatic N) is 2. The van der Waals surface area contributed by atoms with E-state index in [4.69, 9.17) is 11.6 Å². The van der Waals surface area contributed by atoms with E-state index in [9.17, 15) is 5.11 Å². The molecule has 2 aromatic carbocycles. The molecule has 0 aliphatic carbocycles. The molecule has 1 aromatic heterocycles. The predicted octanol–water partition coefficient (Wildman–Crippen LogP) is 3.62. The Morgan fingerprint density at radius 2 is 1.61 bits per heavy atom. The number of pyridine rings is 1. The average Bonchev–Trinajstić information content (AvgIpc) is 2.89. The van der Waals surface area contributed by atoms with Gasteiger partial charge in [0, 0.05) is 16.7 Å². The van der Waals surface area contributed by atoms with Crippen LogP contribution in [0.1, 0.15) is 5.56 Å². The van der Waals surface area contributed by atoms with Crippen LogP contribution in [0.3, 0.4) is 0 Å². The number of aromatic nitrogens is 1. The fourth-order valence-electron chi connectivity index (χ4n) is 3.16. The maximum atomic E-state index is 11.6. The fraction of sp³-hybridized carbons (Fsp3) is 0.105. The molecule has 0 fully saturated rings. The Labute approximate surface area is 140 Å². The Hall–Kier alpha value is -2.36. The highest BCUT2D eigenvalue weighted by Gasteiger charge is 2.52. The predicted molar refractivity (Wildman–Crippen MR) is 90.6 cm³/mol. The summed E-state index contributed by atoms with van der Waals surface area (Å²) < 4.78 is 2.06. The van der Waals surface area contributed by atoms with Crippen molar-refractivity contribution in [1.29, 1.82) is 0 Å². The van der Waals surface area contributed by atoms with Crippen LogP contribution in [-0.4, -0.2) is 5.11 Å². The van der Waals surface area contributed by atoms with Crippen LogP contribution in [0.5, 0.6) is 0 Å². The first-order valence-electron chi connectivity index (χ1n) is 7.51. The first kappa shape index (κ1) is 14.2. The highest BCUT2D eigenvalue weighted by molar-refractivity contribution is 6.30. The number of halogens is 1. The summed E-state index contributed by atoms with van der Waals surface area (Å²) in [5.74, 6) is 0.955. The van der Waals surface area contributed by atoms with E-state index in [1.54, 1.807) is 0 Å². The van der Waals surface area contributed by atoms with E-state index < -0.39 is 5.72 Å². The zero-order chi connectivity index (χ0) is 15.9. The first-order valence-corrected chi connectivity index (χ1v) is 7.88. The van der Waals surface area contributed by atoms with Gasteiger partial charge in [-0.1, -0.05) is 48.0 Å². The van der Waals surface area contributed by atoms with Crippen molar-refractivity contribution in [2.75, 3.05) is 4.90 Å². The minimum atomic E-state index is -1.15. The second kappa shape index (κ2) is 5.37. The van der Waals surface area contributed by atoms with Gasteiger partial charge in [-0.3, -0.25) is 0 Å². The average molecular weight is 324 g/mol. The van der Waals surface area contributed by atoms with Gasteiger partial charge in [-0.05, 0) is 30.3 Å². The van der Waals surface area contributed by atoms with Gasteiger partial charge in [0.25, 0.3) is 11.5 Å². The number of para-hydroxylation sites is 1. The van der Waals surface area contributed by atoms with Crippen molar-refractivity contribution in [3.63, 3.8) is 0 Å². The van der Waals surface area contributed by atoms with Crippen LogP contribution in [0.2, 0.25) is 5.02 Å². The molecule has 0 saturated carbocycles. The van der Waals surface area contributed by atoms with Crippen molar-refractivity contribution >= 4 is 23.1 Å². The second-order valence-electron chi connectivity index (χ2n) is 5.68. The number of benzene rings is 2. The number of anilines is 2. The van der Waals surface area contributed by atoms with Crippen molar-refractivity contribution in [3.8, 4) is 0 Å². The van der Waals surface area contributed by atoms with Crippen molar-refractivity contribution in [2.45, 2.75) is 12.3 Å². The third kappa shape index (κ3) is 2.29. The molecule has 1 unspecified atom stereocenters. The van der Waals surface area contributed by atoms with Gasteiger partial charge >= 0.3 is 0 Å². The summed E-state index contributed by atoms with van der Waals surface area (Å²) in [6.07, 6.45) is 1.99. The van der Waals surface area contributed by atoms with E-state index in [-0.39, 0.29) is 0 Å². The topological polar surface area (TPSA) is 27.4 Å². The van der Waals surface area contributed by atoms with Crippen molar-refractivity contribution < 1.29 is 9.67 Å². The molecule has 3 aromatic rings. The van der Waals surface area contributed by atoms with E-state index in [1.165, 1.54) is 0 Å². The Morgan fingerprint density at radius 1 is 0.913 bits per heavy atom. The molecule has 0 amide bonds. The zero-order valence-corrected chi connectivity index (χ0v) is 13.2. The van der Waals surface area contributed by atoms with Crippen LogP contribution < -0.4 is 9.47 Å². The SMILES string of the molecule is OC1(c2ccc(Cl)cc2)C[n+]2ccccc2N1c1ccccc1. The zero-order valence-electron chi connectivity index (χ0n) is 12.4. The summed E-state index contributed by atoms with van der Waals surface area (Å²) in [6, 6.07) is 23.3. The summed E-state index contributed by atoms with van der Waals surface area (Å²) in [6.45, 7) is 0.458. The molecular weight excluding hydrogens is 308 g/mol. The van der Waals surface area contributed by atoms with Gasteiger partial charge < -0.3 is 5.11 Å². The van der Waals surface area contributed by atoms with Crippen molar-refractivity contribution in [1.82, 2.24) is 0 Å². The summed E-state index contributed by atoms with van der Waals surface area (Å²) >= 11 is 6.01. The lowest BCUT2D eigenvalue weighted by Crippen LogP contribution is -2.43. The third-order valence-electron chi connectivity index (χ3n) is 4.23. The number of hydrogen-bond donors (Lipinski definition) is 1. The quantitative estimate of drug-likeness (QED) is 0.729. The Bertz CT molecular complexity index is 836. The molecule has 4 heteroatoms. The number of fused-ring (bicyclic) bond motifs is 1. The molecule has 1 aliphatic heterocycles. The van der Waals surface area contributed by atoms with Crippen LogP contribution in [0.25, 0.3) is 0 Å². The first-order chi connectivity index (χ1) is 11.2. The second-order valence-corrected chi connectivity index (χ2v) is 6.12. The molecule has 2 heterocycles. The highest BCUT2D eigenvalue weighted by Crippen LogP contribution is 2.40. The molecule has 23 heavy (non-hydrogen) atoms. The van der Waals surface area contributed by atoms with Crippen LogP contribution in [-0.2, 0) is 12.3 Å². The van der Waals surface area contributed by atoms with Crippen LogP contribution >= 0.6 is 11.6 Å². The Balaban J connectivity index is 1.91. The number of hydrogen-bond acceptors (Lipinski definition) is 2. The minimum absolute atomic E-state index is 0.458. The van der Waals surface area contributed by atoms with E-state index in [1.807, 2.05) is 83.9 Å². The molecule has 1 aliphatic rings. The molecule has 3 nitrogen and oxygen atoms in total. The maximum absolute atomic E-state index is 11.6. The largest absolute Gasteiger partial charge is 0.346 e. The van der Waals surface area contributed by atoms with Gasteiger partial charge in [0.15, 0.2) is 6.54 Å². The molecule has 0 radical (unpaired) electrons. The molecule has 0 saturated heterocycles. The standard InChI is InChI=1S/C19H16ClN2O/c20-16-11-9-15(10-12-16)19(23)14-21-13-5-4-8-18(21)22(19)17-6-2-1-3-7-17/h1-13,23H,14H2/q+1. The van der Waals surface area contributed by atoms with Gasteiger partial charge in [0.05, 0.1) is 6.20 Å². The summed E-state index contributed by atoms with van der Waals surface area (Å²) in [5, 5.41) is 12.2. The van der Waals surface area contributed by atoms with Gasteiger partial charge in [0.1, 0.15) is 5.69 Å². The summed E-state index contributed by atoms with van der Waals surface area (Å²) in [7, 11) is 0. The van der Waals surface area contributed by atoms with E-state index in [0.717, 1.165) is 17.1 Å². The molecule has 1 N–H and O–H groups in total. The van der Waals surface area contributed by atoms with E-state index >= 15 is 0 Å². The maximum Gasteiger partial charge on any atom is 0.284 e. The van der Waals surface area contributed by atoms with Gasteiger partial charge in [-0.15, -0.1) is 0 Å². The lowest BCUT2D eigenvalue weighted by molar-refractivity contribution is -0.683. The summed E-state index contributed by atoms with van der Waals surface area (Å²) in [4.78, 5) is 1.97. The molecule has 0 bridgehead atoms. The molecule has 1 atom stereocenters. The van der Waals surface area contributed by atoms with Crippen molar-refractivity contribution in [2.24, 2.45) is 0 Å². The van der Waals surface area contributed by atoms with Crippen molar-refractivity contribution in [3.05, 3.63) is 89.6 Å². The lowest BCUT2D eigenvalue weighted by atomic mass is 10.0. The Morgan fingerprint density at radius 3 is 2.35 bits per heavy atom. The fourth-order valence-corrected chi connectivity index (χ4v) is 3.29. The van der Waals surface area contributed by atoms with Gasteiger partial charge in [-0.25, -0.2) is 4.57 Å². The summed E-state index contributed by atoms with van der Waals surface area (Å²) in [5.41, 5.74) is 0.608. The molecule has 114 valence electrons.